The van der Waals surface area contributed by atoms with E-state index in [2.05, 4.69) is 24.4 Å². The monoisotopic (exact) mass is 373 g/mol. The van der Waals surface area contributed by atoms with E-state index in [0.717, 1.165) is 17.7 Å². The number of rotatable bonds is 9. The van der Waals surface area contributed by atoms with Crippen molar-refractivity contribution in [3.63, 3.8) is 0 Å². The van der Waals surface area contributed by atoms with Crippen molar-refractivity contribution in [2.24, 2.45) is 0 Å². The first-order chi connectivity index (χ1) is 12.6. The predicted octanol–water partition coefficient (Wildman–Crippen LogP) is 4.59. The van der Waals surface area contributed by atoms with Gasteiger partial charge >= 0.3 is 0 Å². The van der Waals surface area contributed by atoms with E-state index in [1.54, 1.807) is 26.0 Å². The molecule has 4 nitrogen and oxygen atoms in total. The van der Waals surface area contributed by atoms with Crippen LogP contribution in [0.4, 0.5) is 0 Å². The number of benzene rings is 2. The third kappa shape index (κ3) is 5.43. The van der Waals surface area contributed by atoms with Crippen LogP contribution in [0, 0.1) is 0 Å². The maximum absolute atomic E-state index is 12.6. The maximum Gasteiger partial charge on any atom is 0.233 e. The van der Waals surface area contributed by atoms with Gasteiger partial charge in [-0.15, -0.1) is 11.8 Å². The highest BCUT2D eigenvalue weighted by molar-refractivity contribution is 7.99. The molecule has 0 saturated carbocycles. The third-order valence-corrected chi connectivity index (χ3v) is 5.46. The SMILES string of the molecule is CC[C@H](NC(=O)[C@H](C)SCc1ccccc1)c1ccc(OC)c(OC)c1. The molecular formula is C21H27NO3S. The molecule has 2 aromatic rings. The molecule has 0 radical (unpaired) electrons. The molecule has 2 atom stereocenters. The minimum Gasteiger partial charge on any atom is -0.493 e. The second-order valence-electron chi connectivity index (χ2n) is 6.02. The highest BCUT2D eigenvalue weighted by atomic mass is 32.2. The lowest BCUT2D eigenvalue weighted by Gasteiger charge is -2.21. The van der Waals surface area contributed by atoms with Crippen LogP contribution in [0.3, 0.4) is 0 Å². The summed E-state index contributed by atoms with van der Waals surface area (Å²) in [5.41, 5.74) is 2.24. The molecule has 26 heavy (non-hydrogen) atoms. The van der Waals surface area contributed by atoms with Crippen LogP contribution < -0.4 is 14.8 Å². The second kappa shape index (κ2) is 10.1. The van der Waals surface area contributed by atoms with Crippen LogP contribution >= 0.6 is 11.8 Å². The predicted molar refractivity (Wildman–Crippen MR) is 108 cm³/mol. The zero-order chi connectivity index (χ0) is 18.9. The molecule has 0 aromatic heterocycles. The van der Waals surface area contributed by atoms with E-state index >= 15 is 0 Å². The molecule has 0 aliphatic rings. The number of amides is 1. The molecule has 0 spiro atoms. The van der Waals surface area contributed by atoms with Crippen molar-refractivity contribution in [1.82, 2.24) is 5.32 Å². The van der Waals surface area contributed by atoms with Gasteiger partial charge in [0.2, 0.25) is 5.91 Å². The fourth-order valence-corrected chi connectivity index (χ4v) is 3.51. The second-order valence-corrected chi connectivity index (χ2v) is 7.35. The lowest BCUT2D eigenvalue weighted by atomic mass is 10.0. The van der Waals surface area contributed by atoms with Crippen molar-refractivity contribution in [3.8, 4) is 11.5 Å². The highest BCUT2D eigenvalue weighted by Gasteiger charge is 2.19. The summed E-state index contributed by atoms with van der Waals surface area (Å²) in [7, 11) is 3.23. The van der Waals surface area contributed by atoms with Gasteiger partial charge in [0, 0.05) is 5.75 Å². The third-order valence-electron chi connectivity index (χ3n) is 4.25. The highest BCUT2D eigenvalue weighted by Crippen LogP contribution is 2.31. The van der Waals surface area contributed by atoms with Gasteiger partial charge in [0.05, 0.1) is 25.5 Å². The summed E-state index contributed by atoms with van der Waals surface area (Å²) in [6.07, 6.45) is 0.803. The van der Waals surface area contributed by atoms with E-state index in [1.165, 1.54) is 5.56 Å². The van der Waals surface area contributed by atoms with Crippen LogP contribution in [0.25, 0.3) is 0 Å². The average molecular weight is 374 g/mol. The van der Waals surface area contributed by atoms with E-state index in [9.17, 15) is 4.79 Å². The Morgan fingerprint density at radius 2 is 1.77 bits per heavy atom. The zero-order valence-corrected chi connectivity index (χ0v) is 16.6. The van der Waals surface area contributed by atoms with Gasteiger partial charge in [-0.05, 0) is 36.6 Å². The Morgan fingerprint density at radius 1 is 1.08 bits per heavy atom. The summed E-state index contributed by atoms with van der Waals surface area (Å²) in [4.78, 5) is 12.6. The van der Waals surface area contributed by atoms with Crippen molar-refractivity contribution < 1.29 is 14.3 Å². The molecule has 0 bridgehead atoms. The van der Waals surface area contributed by atoms with Gasteiger partial charge in [0.25, 0.3) is 0 Å². The Balaban J connectivity index is 1.98. The first-order valence-corrected chi connectivity index (χ1v) is 9.81. The molecule has 1 N–H and O–H groups in total. The number of nitrogens with one attached hydrogen (secondary N) is 1. The van der Waals surface area contributed by atoms with Crippen LogP contribution in [0.5, 0.6) is 11.5 Å². The Kier molecular flexibility index (Phi) is 7.85. The topological polar surface area (TPSA) is 47.6 Å². The van der Waals surface area contributed by atoms with E-state index < -0.39 is 0 Å². The smallest absolute Gasteiger partial charge is 0.233 e. The summed E-state index contributed by atoms with van der Waals surface area (Å²) >= 11 is 1.64. The summed E-state index contributed by atoms with van der Waals surface area (Å²) in [5, 5.41) is 3.03. The standard InChI is InChI=1S/C21H27NO3S/c1-5-18(17-11-12-19(24-3)20(13-17)25-4)22-21(23)15(2)26-14-16-9-7-6-8-10-16/h6-13,15,18H,5,14H2,1-4H3,(H,22,23)/t15-,18-/m0/s1. The number of carbonyl (C=O) groups excluding carboxylic acids is 1. The molecule has 0 aliphatic heterocycles. The molecule has 0 saturated heterocycles. The summed E-state index contributed by atoms with van der Waals surface area (Å²) in [6.45, 7) is 4.01. The van der Waals surface area contributed by atoms with E-state index in [-0.39, 0.29) is 17.2 Å². The maximum atomic E-state index is 12.6. The van der Waals surface area contributed by atoms with Crippen LogP contribution in [-0.4, -0.2) is 25.4 Å². The van der Waals surface area contributed by atoms with Gasteiger partial charge in [0.1, 0.15) is 0 Å². The molecule has 0 fully saturated rings. The van der Waals surface area contributed by atoms with Crippen molar-refractivity contribution in [3.05, 3.63) is 59.7 Å². The molecule has 140 valence electrons. The van der Waals surface area contributed by atoms with Crippen LogP contribution in [0.2, 0.25) is 0 Å². The molecule has 2 rings (SSSR count). The molecule has 0 heterocycles. The molecule has 1 amide bonds. The van der Waals surface area contributed by atoms with Crippen LogP contribution in [0.15, 0.2) is 48.5 Å². The van der Waals surface area contributed by atoms with Gasteiger partial charge in [0.15, 0.2) is 11.5 Å². The lowest BCUT2D eigenvalue weighted by molar-refractivity contribution is -0.121. The quantitative estimate of drug-likeness (QED) is 0.698. The Morgan fingerprint density at radius 3 is 2.38 bits per heavy atom. The molecule has 2 aromatic carbocycles. The fraction of sp³-hybridized carbons (Fsp3) is 0.381. The Labute approximate surface area is 160 Å². The number of hydrogen-bond acceptors (Lipinski definition) is 4. The number of carbonyl (C=O) groups is 1. The molecular weight excluding hydrogens is 346 g/mol. The van der Waals surface area contributed by atoms with Crippen molar-refractivity contribution in [1.29, 1.82) is 0 Å². The summed E-state index contributed by atoms with van der Waals surface area (Å²) in [6, 6.07) is 15.9. The van der Waals surface area contributed by atoms with Gasteiger partial charge in [-0.2, -0.15) is 0 Å². The Bertz CT molecular complexity index is 706. The largest absolute Gasteiger partial charge is 0.493 e. The van der Waals surface area contributed by atoms with Crippen molar-refractivity contribution in [2.45, 2.75) is 37.3 Å². The fourth-order valence-electron chi connectivity index (χ4n) is 2.65. The minimum absolute atomic E-state index is 0.0487. The minimum atomic E-state index is -0.121. The first kappa shape index (κ1) is 20.2. The number of hydrogen-bond donors (Lipinski definition) is 1. The van der Waals surface area contributed by atoms with Gasteiger partial charge < -0.3 is 14.8 Å². The lowest BCUT2D eigenvalue weighted by Crippen LogP contribution is -2.34. The average Bonchev–Trinajstić information content (AvgIpc) is 2.70. The molecule has 0 unspecified atom stereocenters. The normalized spacial score (nSPS) is 12.9. The number of thioether (sulfide) groups is 1. The van der Waals surface area contributed by atoms with E-state index in [1.807, 2.05) is 43.3 Å². The van der Waals surface area contributed by atoms with E-state index in [0.29, 0.717) is 11.5 Å². The van der Waals surface area contributed by atoms with Crippen molar-refractivity contribution in [2.75, 3.05) is 14.2 Å². The number of ether oxygens (including phenoxy) is 2. The van der Waals surface area contributed by atoms with E-state index in [4.69, 9.17) is 9.47 Å². The van der Waals surface area contributed by atoms with Crippen LogP contribution in [-0.2, 0) is 10.5 Å². The molecule has 5 heteroatoms. The Hall–Kier alpha value is -2.14. The van der Waals surface area contributed by atoms with Crippen molar-refractivity contribution >= 4 is 17.7 Å². The van der Waals surface area contributed by atoms with Gasteiger partial charge in [-0.1, -0.05) is 43.3 Å². The molecule has 0 aliphatic carbocycles. The summed E-state index contributed by atoms with van der Waals surface area (Å²) < 4.78 is 10.7. The zero-order valence-electron chi connectivity index (χ0n) is 15.8. The van der Waals surface area contributed by atoms with Gasteiger partial charge in [-0.25, -0.2) is 0 Å². The summed E-state index contributed by atoms with van der Waals surface area (Å²) in [5.74, 6) is 2.23. The first-order valence-electron chi connectivity index (χ1n) is 8.76. The van der Waals surface area contributed by atoms with Crippen LogP contribution in [0.1, 0.15) is 37.4 Å². The van der Waals surface area contributed by atoms with Gasteiger partial charge in [-0.3, -0.25) is 4.79 Å². The number of methoxy groups -OCH3 is 2.